The maximum Gasteiger partial charge on any atom is 0.417 e. The van der Waals surface area contributed by atoms with Crippen LogP contribution in [0.4, 0.5) is 17.6 Å². The molecule has 0 radical (unpaired) electrons. The summed E-state index contributed by atoms with van der Waals surface area (Å²) in [4.78, 5) is 5.55. The van der Waals surface area contributed by atoms with Gasteiger partial charge in [0.1, 0.15) is 23.7 Å². The van der Waals surface area contributed by atoms with Crippen molar-refractivity contribution in [3.63, 3.8) is 0 Å². The summed E-state index contributed by atoms with van der Waals surface area (Å²) in [5.41, 5.74) is -0.993. The molecular weight excluding hydrogens is 304 g/mol. The maximum atomic E-state index is 14.0. The number of nitrogens with zero attached hydrogens (tertiary/aromatic N) is 2. The van der Waals surface area contributed by atoms with E-state index in [1.165, 1.54) is 0 Å². The molecule has 0 aromatic rings. The number of amidine groups is 1. The Bertz CT molecular complexity index is 406. The Kier molecular flexibility index (Phi) is 4.20. The Morgan fingerprint density at radius 1 is 1.40 bits per heavy atom. The standard InChI is InChI=1S/C10H14F4N2O3S/c1-16(2)9-15-4-3(11)5(17)6(19-8(4)20-9)7(18)10(12,13)14/h3-8,17-18H,1-2H3/t3-,4-,5+,6+,7?,8-/m1/s1. The first kappa shape index (κ1) is 15.8. The van der Waals surface area contributed by atoms with Crippen LogP contribution < -0.4 is 0 Å². The van der Waals surface area contributed by atoms with Crippen LogP contribution in [0.5, 0.6) is 0 Å². The van der Waals surface area contributed by atoms with E-state index in [-0.39, 0.29) is 0 Å². The van der Waals surface area contributed by atoms with Crippen molar-refractivity contribution >= 4 is 16.9 Å². The van der Waals surface area contributed by atoms with Crippen molar-refractivity contribution < 1.29 is 32.5 Å². The van der Waals surface area contributed by atoms with Gasteiger partial charge in [-0.05, 0) is 0 Å². The summed E-state index contributed by atoms with van der Waals surface area (Å²) in [6.45, 7) is 0. The molecule has 20 heavy (non-hydrogen) atoms. The van der Waals surface area contributed by atoms with Crippen LogP contribution in [0.25, 0.3) is 0 Å². The number of aliphatic hydroxyl groups is 2. The second kappa shape index (κ2) is 5.32. The van der Waals surface area contributed by atoms with E-state index < -0.39 is 42.1 Å². The van der Waals surface area contributed by atoms with Crippen molar-refractivity contribution in [2.24, 2.45) is 4.99 Å². The molecule has 0 aliphatic carbocycles. The third-order valence-corrected chi connectivity index (χ3v) is 4.37. The Hall–Kier alpha value is -0.580. The highest BCUT2D eigenvalue weighted by Gasteiger charge is 2.56. The van der Waals surface area contributed by atoms with E-state index in [2.05, 4.69) is 4.99 Å². The molecule has 10 heteroatoms. The molecule has 1 fully saturated rings. The lowest BCUT2D eigenvalue weighted by Gasteiger charge is -2.39. The molecular formula is C10H14F4N2O3S. The van der Waals surface area contributed by atoms with Crippen LogP contribution in [0, 0.1) is 0 Å². The van der Waals surface area contributed by atoms with Gasteiger partial charge < -0.3 is 19.8 Å². The van der Waals surface area contributed by atoms with Crippen molar-refractivity contribution in [2.45, 2.75) is 42.1 Å². The maximum absolute atomic E-state index is 14.0. The molecule has 0 saturated carbocycles. The van der Waals surface area contributed by atoms with Crippen LogP contribution in [0.15, 0.2) is 4.99 Å². The van der Waals surface area contributed by atoms with E-state index in [4.69, 9.17) is 9.84 Å². The molecule has 2 N–H and O–H groups in total. The van der Waals surface area contributed by atoms with Gasteiger partial charge in [0.2, 0.25) is 0 Å². The number of alkyl halides is 4. The minimum atomic E-state index is -4.99. The quantitative estimate of drug-likeness (QED) is 0.684. The third kappa shape index (κ3) is 2.74. The van der Waals surface area contributed by atoms with E-state index in [0.29, 0.717) is 5.17 Å². The first-order chi connectivity index (χ1) is 9.12. The molecule has 2 aliphatic heterocycles. The Morgan fingerprint density at radius 2 is 2.00 bits per heavy atom. The molecule has 2 heterocycles. The molecule has 2 rings (SSSR count). The van der Waals surface area contributed by atoms with E-state index >= 15 is 0 Å². The van der Waals surface area contributed by atoms with Gasteiger partial charge in [-0.25, -0.2) is 4.39 Å². The zero-order chi connectivity index (χ0) is 15.2. The molecule has 1 unspecified atom stereocenters. The molecule has 1 saturated heterocycles. The molecule has 116 valence electrons. The summed E-state index contributed by atoms with van der Waals surface area (Å²) in [6, 6.07) is -1.08. The average molecular weight is 318 g/mol. The number of ether oxygens (including phenoxy) is 1. The van der Waals surface area contributed by atoms with Gasteiger partial charge in [-0.2, -0.15) is 13.2 Å². The summed E-state index contributed by atoms with van der Waals surface area (Å²) in [5, 5.41) is 19.2. The van der Waals surface area contributed by atoms with Gasteiger partial charge in [-0.1, -0.05) is 11.8 Å². The van der Waals surface area contributed by atoms with Gasteiger partial charge >= 0.3 is 6.18 Å². The largest absolute Gasteiger partial charge is 0.417 e. The van der Waals surface area contributed by atoms with Gasteiger partial charge in [0, 0.05) is 14.1 Å². The summed E-state index contributed by atoms with van der Waals surface area (Å²) in [5.74, 6) is 0. The summed E-state index contributed by atoms with van der Waals surface area (Å²) < 4.78 is 56.5. The Morgan fingerprint density at radius 3 is 2.50 bits per heavy atom. The Labute approximate surface area is 116 Å². The number of aliphatic hydroxyl groups excluding tert-OH is 2. The number of aliphatic imine (C=N–C) groups is 1. The lowest BCUT2D eigenvalue weighted by Crippen LogP contribution is -2.59. The van der Waals surface area contributed by atoms with Crippen molar-refractivity contribution in [3.05, 3.63) is 0 Å². The zero-order valence-corrected chi connectivity index (χ0v) is 11.4. The van der Waals surface area contributed by atoms with Gasteiger partial charge in [0.25, 0.3) is 0 Å². The number of halogens is 4. The SMILES string of the molecule is CN(C)C1=N[C@@H]2[C@@H](F)[C@H](O)[C@@H](C(O)C(F)(F)F)O[C@@H]2S1. The van der Waals surface area contributed by atoms with Crippen molar-refractivity contribution in [2.75, 3.05) is 14.1 Å². The van der Waals surface area contributed by atoms with Crippen LogP contribution in [0.3, 0.4) is 0 Å². The van der Waals surface area contributed by atoms with Crippen LogP contribution in [0.1, 0.15) is 0 Å². The molecule has 0 aromatic heterocycles. The average Bonchev–Trinajstić information content (AvgIpc) is 2.76. The minimum Gasteiger partial charge on any atom is -0.387 e. The summed E-state index contributed by atoms with van der Waals surface area (Å²) in [7, 11) is 3.30. The van der Waals surface area contributed by atoms with Gasteiger partial charge in [0.15, 0.2) is 17.4 Å². The molecule has 0 bridgehead atoms. The molecule has 6 atom stereocenters. The lowest BCUT2D eigenvalue weighted by molar-refractivity contribution is -0.267. The van der Waals surface area contributed by atoms with Crippen LogP contribution in [0.2, 0.25) is 0 Å². The second-order valence-corrected chi connectivity index (χ2v) is 5.87. The van der Waals surface area contributed by atoms with Crippen molar-refractivity contribution in [1.82, 2.24) is 4.90 Å². The summed E-state index contributed by atoms with van der Waals surface area (Å²) in [6.07, 6.45) is -14.1. The Balaban J connectivity index is 2.17. The highest BCUT2D eigenvalue weighted by atomic mass is 32.2. The fraction of sp³-hybridized carbons (Fsp3) is 0.900. The number of rotatable bonds is 1. The fourth-order valence-corrected chi connectivity index (χ4v) is 3.14. The van der Waals surface area contributed by atoms with E-state index in [0.717, 1.165) is 11.8 Å². The van der Waals surface area contributed by atoms with Crippen LogP contribution >= 0.6 is 11.8 Å². The van der Waals surface area contributed by atoms with Gasteiger partial charge in [-0.3, -0.25) is 4.99 Å². The monoisotopic (exact) mass is 318 g/mol. The molecule has 0 amide bonds. The first-order valence-corrected chi connectivity index (χ1v) is 6.65. The fourth-order valence-electron chi connectivity index (χ4n) is 2.01. The van der Waals surface area contributed by atoms with Crippen LogP contribution in [-0.4, -0.2) is 76.5 Å². The van der Waals surface area contributed by atoms with E-state index in [1.807, 2.05) is 0 Å². The van der Waals surface area contributed by atoms with E-state index in [1.54, 1.807) is 19.0 Å². The van der Waals surface area contributed by atoms with Crippen molar-refractivity contribution in [3.8, 4) is 0 Å². The van der Waals surface area contributed by atoms with Gasteiger partial charge in [0.05, 0.1) is 0 Å². The van der Waals surface area contributed by atoms with Gasteiger partial charge in [-0.15, -0.1) is 0 Å². The minimum absolute atomic E-state index is 0.400. The number of thioether (sulfide) groups is 1. The first-order valence-electron chi connectivity index (χ1n) is 5.77. The zero-order valence-electron chi connectivity index (χ0n) is 10.6. The molecule has 5 nitrogen and oxygen atoms in total. The lowest BCUT2D eigenvalue weighted by atomic mass is 9.96. The highest BCUT2D eigenvalue weighted by Crippen LogP contribution is 2.40. The third-order valence-electron chi connectivity index (χ3n) is 3.07. The molecule has 2 aliphatic rings. The van der Waals surface area contributed by atoms with Crippen molar-refractivity contribution in [1.29, 1.82) is 0 Å². The van der Waals surface area contributed by atoms with Crippen LogP contribution in [-0.2, 0) is 4.74 Å². The number of hydrogen-bond acceptors (Lipinski definition) is 6. The number of hydrogen-bond donors (Lipinski definition) is 2. The molecule has 0 spiro atoms. The second-order valence-electron chi connectivity index (χ2n) is 4.81. The number of fused-ring (bicyclic) bond motifs is 1. The molecule has 0 aromatic carbocycles. The predicted molar refractivity (Wildman–Crippen MR) is 64.1 cm³/mol. The normalized spacial score (nSPS) is 39.2. The highest BCUT2D eigenvalue weighted by molar-refractivity contribution is 8.14. The smallest absolute Gasteiger partial charge is 0.387 e. The summed E-state index contributed by atoms with van der Waals surface area (Å²) >= 11 is 0.964. The van der Waals surface area contributed by atoms with E-state index in [9.17, 15) is 22.7 Å². The topological polar surface area (TPSA) is 65.3 Å². The predicted octanol–water partition coefficient (Wildman–Crippen LogP) is 0.366.